The number of carbonyl (C=O) groups excluding carboxylic acids is 2. The van der Waals surface area contributed by atoms with Gasteiger partial charge in [0.2, 0.25) is 11.6 Å². The van der Waals surface area contributed by atoms with E-state index < -0.39 is 0 Å². The molecule has 18 heavy (non-hydrogen) atoms. The highest BCUT2D eigenvalue weighted by molar-refractivity contribution is 6.46. The molecule has 0 unspecified atom stereocenters. The van der Waals surface area contributed by atoms with Crippen molar-refractivity contribution in [2.24, 2.45) is 0 Å². The van der Waals surface area contributed by atoms with Crippen molar-refractivity contribution in [3.05, 3.63) is 46.5 Å². The summed E-state index contributed by atoms with van der Waals surface area (Å²) in [6.45, 7) is 0. The van der Waals surface area contributed by atoms with E-state index >= 15 is 0 Å². The van der Waals surface area contributed by atoms with Gasteiger partial charge in [-0.05, 0) is 52.8 Å². The lowest BCUT2D eigenvalue weighted by molar-refractivity contribution is -0.115. The van der Waals surface area contributed by atoms with Gasteiger partial charge in [-0.15, -0.1) is 0 Å². The summed E-state index contributed by atoms with van der Waals surface area (Å²) in [4.78, 5) is 23.9. The van der Waals surface area contributed by atoms with Crippen molar-refractivity contribution in [1.29, 1.82) is 0 Å². The third-order valence-electron chi connectivity index (χ3n) is 4.20. The van der Waals surface area contributed by atoms with Gasteiger partial charge in [-0.2, -0.15) is 0 Å². The number of benzene rings is 2. The molecule has 0 aromatic heterocycles. The average molecular weight is 236 g/mol. The second kappa shape index (κ2) is 3.29. The summed E-state index contributed by atoms with van der Waals surface area (Å²) in [7, 11) is 0. The molecule has 2 aromatic carbocycles. The molecule has 2 aliphatic rings. The number of hydrogen-bond acceptors (Lipinski definition) is 2. The normalized spacial score (nSPS) is 17.3. The second-order valence-electron chi connectivity index (χ2n) is 5.16. The quantitative estimate of drug-likeness (QED) is 0.659. The van der Waals surface area contributed by atoms with Crippen LogP contribution in [-0.2, 0) is 24.1 Å². The van der Waals surface area contributed by atoms with Gasteiger partial charge in [-0.25, -0.2) is 0 Å². The lowest BCUT2D eigenvalue weighted by Gasteiger charge is -2.09. The molecule has 0 atom stereocenters. The van der Waals surface area contributed by atoms with Gasteiger partial charge >= 0.3 is 0 Å². The molecule has 0 N–H and O–H groups in total. The first-order valence-electron chi connectivity index (χ1n) is 6.39. The molecule has 2 nitrogen and oxygen atoms in total. The van der Waals surface area contributed by atoms with Gasteiger partial charge in [0.1, 0.15) is 0 Å². The van der Waals surface area contributed by atoms with E-state index in [0.29, 0.717) is 18.4 Å². The van der Waals surface area contributed by atoms with E-state index in [1.165, 1.54) is 16.5 Å². The fraction of sp³-hybridized carbons (Fsp3) is 0.250. The zero-order valence-corrected chi connectivity index (χ0v) is 9.95. The third kappa shape index (κ3) is 1.13. The topological polar surface area (TPSA) is 34.1 Å². The molecule has 2 aromatic rings. The first-order valence-corrected chi connectivity index (χ1v) is 6.39. The maximum atomic E-state index is 12.1. The van der Waals surface area contributed by atoms with Gasteiger partial charge in [-0.1, -0.05) is 18.2 Å². The summed E-state index contributed by atoms with van der Waals surface area (Å²) >= 11 is 0. The maximum absolute atomic E-state index is 12.1. The van der Waals surface area contributed by atoms with Crippen LogP contribution in [0.2, 0.25) is 0 Å². The first kappa shape index (κ1) is 10.0. The predicted molar refractivity (Wildman–Crippen MR) is 69.0 cm³/mol. The Balaban J connectivity index is 2.21. The molecule has 0 radical (unpaired) electrons. The summed E-state index contributed by atoms with van der Waals surface area (Å²) in [5.74, 6) is -0.551. The van der Waals surface area contributed by atoms with E-state index in [-0.39, 0.29) is 11.6 Å². The molecule has 88 valence electrons. The number of hydrogen-bond donors (Lipinski definition) is 0. The van der Waals surface area contributed by atoms with Gasteiger partial charge in [0.15, 0.2) is 0 Å². The molecule has 4 rings (SSSR count). The highest BCUT2D eigenvalue weighted by Crippen LogP contribution is 2.37. The summed E-state index contributed by atoms with van der Waals surface area (Å²) < 4.78 is 0. The van der Waals surface area contributed by atoms with Crippen molar-refractivity contribution < 1.29 is 9.59 Å². The van der Waals surface area contributed by atoms with Crippen LogP contribution in [0, 0.1) is 0 Å². The molecule has 0 fully saturated rings. The number of ketones is 2. The molecule has 2 aliphatic carbocycles. The van der Waals surface area contributed by atoms with Crippen LogP contribution in [0.15, 0.2) is 24.3 Å². The average Bonchev–Trinajstić information content (AvgIpc) is 2.77. The van der Waals surface area contributed by atoms with Crippen molar-refractivity contribution >= 4 is 22.3 Å². The Kier molecular flexibility index (Phi) is 1.83. The fourth-order valence-corrected chi connectivity index (χ4v) is 3.31. The molecule has 0 bridgehead atoms. The van der Waals surface area contributed by atoms with E-state index in [4.69, 9.17) is 0 Å². The molecule has 0 spiro atoms. The van der Waals surface area contributed by atoms with Gasteiger partial charge in [0, 0.05) is 12.0 Å². The lowest BCUT2D eigenvalue weighted by Crippen LogP contribution is -2.12. The van der Waals surface area contributed by atoms with Crippen molar-refractivity contribution in [1.82, 2.24) is 0 Å². The minimum absolute atomic E-state index is 0.249. The monoisotopic (exact) mass is 236 g/mol. The zero-order valence-electron chi connectivity index (χ0n) is 9.95. The standard InChI is InChI=1S/C16H12O2/c17-13-8-6-11-4-3-9-1-2-10-5-7-12(16(13)18)15(11)14(9)10/h3-5,7H,1-2,6,8H2. The minimum atomic E-state index is -0.302. The Morgan fingerprint density at radius 3 is 1.94 bits per heavy atom. The molecule has 0 heterocycles. The Morgan fingerprint density at radius 2 is 1.22 bits per heavy atom. The van der Waals surface area contributed by atoms with Crippen LogP contribution in [0.3, 0.4) is 0 Å². The number of carbonyl (C=O) groups is 2. The number of aryl methyl sites for hydroxylation is 3. The van der Waals surface area contributed by atoms with Crippen molar-refractivity contribution in [3.63, 3.8) is 0 Å². The molecule has 0 saturated heterocycles. The van der Waals surface area contributed by atoms with Crippen LogP contribution in [0.25, 0.3) is 10.8 Å². The Morgan fingerprint density at radius 1 is 0.667 bits per heavy atom. The first-order chi connectivity index (χ1) is 8.75. The van der Waals surface area contributed by atoms with E-state index in [9.17, 15) is 9.59 Å². The highest BCUT2D eigenvalue weighted by Gasteiger charge is 2.27. The van der Waals surface area contributed by atoms with Crippen molar-refractivity contribution in [2.45, 2.75) is 25.7 Å². The van der Waals surface area contributed by atoms with Crippen LogP contribution in [-0.4, -0.2) is 11.6 Å². The van der Waals surface area contributed by atoms with E-state index in [2.05, 4.69) is 12.1 Å². The second-order valence-corrected chi connectivity index (χ2v) is 5.16. The van der Waals surface area contributed by atoms with Gasteiger partial charge < -0.3 is 0 Å². The molecule has 0 saturated carbocycles. The summed E-state index contributed by atoms with van der Waals surface area (Å²) in [5.41, 5.74) is 4.43. The summed E-state index contributed by atoms with van der Waals surface area (Å²) in [5, 5.41) is 2.30. The lowest BCUT2D eigenvalue weighted by atomic mass is 9.94. The largest absolute Gasteiger partial charge is 0.290 e. The Labute approximate surface area is 105 Å². The molecular formula is C16H12O2. The number of Topliss-reactive ketones (excluding diaryl/α,β-unsaturated/α-hetero) is 2. The Hall–Kier alpha value is -1.96. The SMILES string of the molecule is O=C1CCc2ccc3c4c(ccc(c24)C1=O)CC3. The maximum Gasteiger partial charge on any atom is 0.229 e. The summed E-state index contributed by atoms with van der Waals surface area (Å²) in [6, 6.07) is 8.14. The summed E-state index contributed by atoms with van der Waals surface area (Å²) in [6.07, 6.45) is 3.14. The van der Waals surface area contributed by atoms with E-state index in [1.54, 1.807) is 0 Å². The van der Waals surface area contributed by atoms with Crippen LogP contribution >= 0.6 is 0 Å². The van der Waals surface area contributed by atoms with Gasteiger partial charge in [-0.3, -0.25) is 9.59 Å². The predicted octanol–water partition coefficient (Wildman–Crippen LogP) is 2.64. The van der Waals surface area contributed by atoms with E-state index in [0.717, 1.165) is 23.8 Å². The van der Waals surface area contributed by atoms with Crippen molar-refractivity contribution in [3.8, 4) is 0 Å². The smallest absolute Gasteiger partial charge is 0.229 e. The third-order valence-corrected chi connectivity index (χ3v) is 4.20. The number of rotatable bonds is 0. The van der Waals surface area contributed by atoms with Crippen LogP contribution < -0.4 is 0 Å². The van der Waals surface area contributed by atoms with Gasteiger partial charge in [0.05, 0.1) is 0 Å². The van der Waals surface area contributed by atoms with Gasteiger partial charge in [0.25, 0.3) is 0 Å². The highest BCUT2D eigenvalue weighted by atomic mass is 16.2. The van der Waals surface area contributed by atoms with Crippen LogP contribution in [0.1, 0.15) is 33.5 Å². The fourth-order valence-electron chi connectivity index (χ4n) is 3.31. The Bertz CT molecular complexity index is 715. The minimum Gasteiger partial charge on any atom is -0.290 e. The molecule has 2 heteroatoms. The molecule has 0 amide bonds. The van der Waals surface area contributed by atoms with E-state index in [1.807, 2.05) is 12.1 Å². The van der Waals surface area contributed by atoms with Crippen LogP contribution in [0.5, 0.6) is 0 Å². The molecular weight excluding hydrogens is 224 g/mol. The van der Waals surface area contributed by atoms with Crippen LogP contribution in [0.4, 0.5) is 0 Å². The van der Waals surface area contributed by atoms with Crippen molar-refractivity contribution in [2.75, 3.05) is 0 Å². The molecule has 0 aliphatic heterocycles. The zero-order chi connectivity index (χ0) is 12.3.